The number of amides is 1. The molecule has 1 aliphatic heterocycles. The summed E-state index contributed by atoms with van der Waals surface area (Å²) in [6, 6.07) is 0. The minimum Gasteiger partial charge on any atom is -0.530 e. The Bertz CT molecular complexity index is 339. The first-order valence-corrected chi connectivity index (χ1v) is 4.33. The maximum Gasteiger partial charge on any atom is 0.450 e. The van der Waals surface area contributed by atoms with E-state index in [4.69, 9.17) is 0 Å². The van der Waals surface area contributed by atoms with E-state index in [1.165, 1.54) is 0 Å². The number of hydrogen-bond acceptors (Lipinski definition) is 4. The van der Waals surface area contributed by atoms with Gasteiger partial charge < -0.3 is 14.8 Å². The van der Waals surface area contributed by atoms with Crippen molar-refractivity contribution in [3.63, 3.8) is 0 Å². The number of carbonyl (C=O) groups excluding carboxylic acids is 3. The smallest absolute Gasteiger partial charge is 0.450 e. The molecule has 0 aromatic rings. The van der Waals surface area contributed by atoms with Crippen molar-refractivity contribution in [2.75, 3.05) is 13.1 Å². The summed E-state index contributed by atoms with van der Waals surface area (Å²) in [5.41, 5.74) is 0. The molecule has 1 aliphatic rings. The highest BCUT2D eigenvalue weighted by Gasteiger charge is 2.47. The molecule has 1 unspecified atom stereocenters. The Hall–Kier alpha value is -1.60. The quantitative estimate of drug-likeness (QED) is 0.569. The molecule has 16 heavy (non-hydrogen) atoms. The molecule has 0 bridgehead atoms. The molecule has 1 atom stereocenters. The Labute approximate surface area is 87.8 Å². The van der Waals surface area contributed by atoms with Gasteiger partial charge in [-0.25, -0.2) is 0 Å². The first-order chi connectivity index (χ1) is 7.23. The summed E-state index contributed by atoms with van der Waals surface area (Å²) in [5, 5.41) is 10.4. The lowest BCUT2D eigenvalue weighted by atomic mass is 9.92. The molecule has 1 rings (SSSR count). The minimum absolute atomic E-state index is 0.233. The number of alkyl halides is 3. The highest BCUT2D eigenvalue weighted by atomic mass is 19.4. The molecule has 1 saturated heterocycles. The lowest BCUT2D eigenvalue weighted by molar-refractivity contribution is -0.266. The first kappa shape index (κ1) is 12.5. The number of ketones is 2. The van der Waals surface area contributed by atoms with Crippen LogP contribution in [0, 0.1) is 5.92 Å². The van der Waals surface area contributed by atoms with E-state index in [2.05, 4.69) is 0 Å². The number of Topliss-reactive ketones (excluding diaryl/α,β-unsaturated/α-hetero) is 2. The van der Waals surface area contributed by atoms with Crippen molar-refractivity contribution in [2.24, 2.45) is 5.92 Å². The highest BCUT2D eigenvalue weighted by molar-refractivity contribution is 6.05. The molecule has 90 valence electrons. The molecule has 1 amide bonds. The third kappa shape index (κ3) is 2.50. The second-order valence-electron chi connectivity index (χ2n) is 3.34. The molecule has 0 spiro atoms. The Balaban J connectivity index is 2.82. The van der Waals surface area contributed by atoms with Gasteiger partial charge in [0.05, 0.1) is 0 Å². The van der Waals surface area contributed by atoms with Crippen molar-refractivity contribution in [3.05, 3.63) is 0 Å². The molecular weight excluding hydrogens is 231 g/mol. The molecule has 1 heterocycles. The van der Waals surface area contributed by atoms with Crippen LogP contribution in [0.1, 0.15) is 6.42 Å². The second kappa shape index (κ2) is 4.11. The molecule has 0 aliphatic carbocycles. The minimum atomic E-state index is -5.13. The fourth-order valence-electron chi connectivity index (χ4n) is 1.43. The van der Waals surface area contributed by atoms with Gasteiger partial charge in [0.25, 0.3) is 0 Å². The Morgan fingerprint density at radius 1 is 1.38 bits per heavy atom. The summed E-state index contributed by atoms with van der Waals surface area (Å²) in [6.07, 6.45) is -7.22. The Morgan fingerprint density at radius 2 is 1.94 bits per heavy atom. The standard InChI is InChI=1S/C8H8F3NO4/c9-8(10,11)6(14)4-3-12(7(15)16)2-1-5(4)13/h4H,1-3H2,(H,15,16)/p-1. The molecule has 8 heteroatoms. The van der Waals surface area contributed by atoms with E-state index in [0.717, 1.165) is 0 Å². The van der Waals surface area contributed by atoms with Gasteiger partial charge in [-0.15, -0.1) is 0 Å². The van der Waals surface area contributed by atoms with Crippen LogP contribution in [-0.4, -0.2) is 41.8 Å². The van der Waals surface area contributed by atoms with Crippen molar-refractivity contribution in [3.8, 4) is 0 Å². The number of piperidine rings is 1. The molecule has 0 radical (unpaired) electrons. The third-order valence-corrected chi connectivity index (χ3v) is 2.27. The van der Waals surface area contributed by atoms with Crippen molar-refractivity contribution < 1.29 is 32.7 Å². The fourth-order valence-corrected chi connectivity index (χ4v) is 1.43. The highest BCUT2D eigenvalue weighted by Crippen LogP contribution is 2.25. The molecule has 0 aromatic heterocycles. The first-order valence-electron chi connectivity index (χ1n) is 4.33. The fraction of sp³-hybridized carbons (Fsp3) is 0.625. The van der Waals surface area contributed by atoms with E-state index < -0.39 is 42.7 Å². The van der Waals surface area contributed by atoms with Crippen LogP contribution in [0.5, 0.6) is 0 Å². The Morgan fingerprint density at radius 3 is 2.38 bits per heavy atom. The van der Waals surface area contributed by atoms with E-state index in [9.17, 15) is 32.7 Å². The van der Waals surface area contributed by atoms with E-state index in [-0.39, 0.29) is 6.54 Å². The lowest BCUT2D eigenvalue weighted by Crippen LogP contribution is -2.53. The van der Waals surface area contributed by atoms with Gasteiger partial charge >= 0.3 is 6.18 Å². The second-order valence-corrected chi connectivity index (χ2v) is 3.34. The van der Waals surface area contributed by atoms with Gasteiger partial charge in [-0.2, -0.15) is 13.2 Å². The number of rotatable bonds is 1. The van der Waals surface area contributed by atoms with Gasteiger partial charge in [0.15, 0.2) is 0 Å². The van der Waals surface area contributed by atoms with Gasteiger partial charge in [-0.3, -0.25) is 9.59 Å². The van der Waals surface area contributed by atoms with Crippen LogP contribution in [0.25, 0.3) is 0 Å². The van der Waals surface area contributed by atoms with Crippen LogP contribution >= 0.6 is 0 Å². The maximum absolute atomic E-state index is 12.1. The SMILES string of the molecule is O=C1CCN(C(=O)[O-])CC1C(=O)C(F)(F)F. The molecule has 5 nitrogen and oxygen atoms in total. The van der Waals surface area contributed by atoms with Crippen molar-refractivity contribution in [1.82, 2.24) is 4.90 Å². The zero-order valence-corrected chi connectivity index (χ0v) is 7.91. The van der Waals surface area contributed by atoms with E-state index >= 15 is 0 Å². The molecular formula is C8H7F3NO4-. The van der Waals surface area contributed by atoms with Crippen LogP contribution < -0.4 is 5.11 Å². The number of halogens is 3. The van der Waals surface area contributed by atoms with Crippen LogP contribution in [0.4, 0.5) is 18.0 Å². The Kier molecular flexibility index (Phi) is 3.20. The maximum atomic E-state index is 12.1. The van der Waals surface area contributed by atoms with Crippen molar-refractivity contribution in [1.29, 1.82) is 0 Å². The van der Waals surface area contributed by atoms with Gasteiger partial charge in [0.2, 0.25) is 5.78 Å². The molecule has 1 fully saturated rings. The van der Waals surface area contributed by atoms with E-state index in [1.54, 1.807) is 0 Å². The molecule has 0 aromatic carbocycles. The summed E-state index contributed by atoms with van der Waals surface area (Å²) < 4.78 is 36.2. The van der Waals surface area contributed by atoms with Gasteiger partial charge in [-0.1, -0.05) is 0 Å². The van der Waals surface area contributed by atoms with Crippen LogP contribution in [0.3, 0.4) is 0 Å². The zero-order chi connectivity index (χ0) is 12.5. The van der Waals surface area contributed by atoms with E-state index in [0.29, 0.717) is 4.90 Å². The number of nitrogens with zero attached hydrogens (tertiary/aromatic N) is 1. The van der Waals surface area contributed by atoms with E-state index in [1.807, 2.05) is 0 Å². The van der Waals surface area contributed by atoms with Crippen LogP contribution in [0.15, 0.2) is 0 Å². The third-order valence-electron chi connectivity index (χ3n) is 2.27. The normalized spacial score (nSPS) is 22.1. The van der Waals surface area contributed by atoms with Crippen molar-refractivity contribution in [2.45, 2.75) is 12.6 Å². The van der Waals surface area contributed by atoms with Crippen LogP contribution in [-0.2, 0) is 9.59 Å². The number of likely N-dealkylation sites (tertiary alicyclic amines) is 1. The number of carbonyl (C=O) groups is 3. The van der Waals surface area contributed by atoms with Gasteiger partial charge in [0.1, 0.15) is 17.8 Å². The topological polar surface area (TPSA) is 77.5 Å². The largest absolute Gasteiger partial charge is 0.530 e. The molecule has 0 N–H and O–H groups in total. The average molecular weight is 238 g/mol. The summed E-state index contributed by atoms with van der Waals surface area (Å²) >= 11 is 0. The summed E-state index contributed by atoms with van der Waals surface area (Å²) in [7, 11) is 0. The van der Waals surface area contributed by atoms with Gasteiger partial charge in [0, 0.05) is 19.5 Å². The summed E-state index contributed by atoms with van der Waals surface area (Å²) in [6.45, 7) is -1.01. The lowest BCUT2D eigenvalue weighted by Gasteiger charge is -2.32. The monoisotopic (exact) mass is 238 g/mol. The number of hydrogen-bond donors (Lipinski definition) is 0. The predicted molar refractivity (Wildman–Crippen MR) is 41.1 cm³/mol. The van der Waals surface area contributed by atoms with Gasteiger partial charge in [-0.05, 0) is 0 Å². The molecule has 0 saturated carbocycles. The average Bonchev–Trinajstić information content (AvgIpc) is 2.15. The zero-order valence-electron chi connectivity index (χ0n) is 7.91. The summed E-state index contributed by atoms with van der Waals surface area (Å²) in [5.74, 6) is -5.05. The van der Waals surface area contributed by atoms with Crippen LogP contribution in [0.2, 0.25) is 0 Å². The van der Waals surface area contributed by atoms with Crippen molar-refractivity contribution >= 4 is 17.7 Å². The summed E-state index contributed by atoms with van der Waals surface area (Å²) in [4.78, 5) is 32.8. The number of carboxylic acid groups (broad SMARTS) is 1. The predicted octanol–water partition coefficient (Wildman–Crippen LogP) is -0.648.